The lowest BCUT2D eigenvalue weighted by molar-refractivity contribution is 0.0527. The van der Waals surface area contributed by atoms with Crippen LogP contribution in [0.5, 0.6) is 5.88 Å². The largest absolute Gasteiger partial charge is 0.472 e. The highest BCUT2D eigenvalue weighted by atomic mass is 35.5. The van der Waals surface area contributed by atoms with Crippen LogP contribution in [0.15, 0.2) is 48.9 Å². The Labute approximate surface area is 172 Å². The van der Waals surface area contributed by atoms with E-state index in [9.17, 15) is 4.79 Å². The number of hydrogen-bond donors (Lipinski definition) is 0. The van der Waals surface area contributed by atoms with Crippen molar-refractivity contribution in [2.24, 2.45) is 0 Å². The van der Waals surface area contributed by atoms with Gasteiger partial charge in [-0.1, -0.05) is 11.6 Å². The van der Waals surface area contributed by atoms with Gasteiger partial charge in [0.2, 0.25) is 5.88 Å². The maximum atomic E-state index is 13.2. The van der Waals surface area contributed by atoms with E-state index in [1.165, 1.54) is 11.0 Å². The Hall–Kier alpha value is -3.44. The molecule has 3 aromatic rings. The Bertz CT molecular complexity index is 1060. The van der Waals surface area contributed by atoms with Crippen molar-refractivity contribution in [2.75, 3.05) is 13.1 Å². The Kier molecular flexibility index (Phi) is 5.40. The predicted molar refractivity (Wildman–Crippen MR) is 105 cm³/mol. The molecule has 1 aliphatic rings. The molecule has 0 bridgehead atoms. The molecule has 0 saturated carbocycles. The Morgan fingerprint density at radius 1 is 1.21 bits per heavy atom. The van der Waals surface area contributed by atoms with Gasteiger partial charge in [0.25, 0.3) is 5.91 Å². The summed E-state index contributed by atoms with van der Waals surface area (Å²) in [5, 5.41) is 17.8. The molecule has 1 amide bonds. The van der Waals surface area contributed by atoms with Gasteiger partial charge in [-0.05, 0) is 37.1 Å². The zero-order valence-electron chi connectivity index (χ0n) is 15.4. The van der Waals surface area contributed by atoms with E-state index >= 15 is 0 Å². The minimum absolute atomic E-state index is 0.138. The van der Waals surface area contributed by atoms with Crippen molar-refractivity contribution in [3.05, 3.63) is 65.1 Å². The van der Waals surface area contributed by atoms with Gasteiger partial charge in [0.1, 0.15) is 6.10 Å². The van der Waals surface area contributed by atoms with Crippen LogP contribution >= 0.6 is 11.6 Å². The molecule has 146 valence electrons. The summed E-state index contributed by atoms with van der Waals surface area (Å²) in [6.07, 6.45) is 6.03. The van der Waals surface area contributed by atoms with Crippen LogP contribution in [0, 0.1) is 11.3 Å². The van der Waals surface area contributed by atoms with Crippen molar-refractivity contribution in [3.8, 4) is 17.6 Å². The molecule has 4 rings (SSSR count). The van der Waals surface area contributed by atoms with Crippen molar-refractivity contribution < 1.29 is 9.53 Å². The zero-order valence-corrected chi connectivity index (χ0v) is 16.2. The number of carbonyl (C=O) groups is 1. The number of piperidine rings is 1. The van der Waals surface area contributed by atoms with Gasteiger partial charge in [-0.3, -0.25) is 4.79 Å². The lowest BCUT2D eigenvalue weighted by atomic mass is 10.1. The highest BCUT2D eigenvalue weighted by molar-refractivity contribution is 6.31. The number of benzene rings is 1. The van der Waals surface area contributed by atoms with Gasteiger partial charge in [0, 0.05) is 23.8 Å². The van der Waals surface area contributed by atoms with E-state index in [4.69, 9.17) is 21.6 Å². The maximum Gasteiger partial charge on any atom is 0.256 e. The highest BCUT2D eigenvalue weighted by Crippen LogP contribution is 2.23. The number of carbonyl (C=O) groups excluding carboxylic acids is 1. The molecule has 3 heterocycles. The number of aromatic nitrogens is 4. The average molecular weight is 409 g/mol. The number of nitrogens with zero attached hydrogens (tertiary/aromatic N) is 6. The lowest BCUT2D eigenvalue weighted by Crippen LogP contribution is -2.44. The van der Waals surface area contributed by atoms with Gasteiger partial charge in [0.15, 0.2) is 0 Å². The molecule has 0 radical (unpaired) electrons. The summed E-state index contributed by atoms with van der Waals surface area (Å²) >= 11 is 6.12. The minimum atomic E-state index is -0.201. The first-order chi connectivity index (χ1) is 14.1. The van der Waals surface area contributed by atoms with Crippen LogP contribution in [0.3, 0.4) is 0 Å². The third-order valence-electron chi connectivity index (χ3n) is 4.64. The number of nitriles is 1. The fourth-order valence-corrected chi connectivity index (χ4v) is 3.46. The van der Waals surface area contributed by atoms with Gasteiger partial charge >= 0.3 is 0 Å². The Balaban J connectivity index is 1.53. The second-order valence-corrected chi connectivity index (χ2v) is 7.04. The molecule has 0 N–H and O–H groups in total. The van der Waals surface area contributed by atoms with E-state index in [1.807, 2.05) is 0 Å². The van der Waals surface area contributed by atoms with E-state index < -0.39 is 0 Å². The van der Waals surface area contributed by atoms with E-state index in [0.29, 0.717) is 40.8 Å². The van der Waals surface area contributed by atoms with E-state index in [0.717, 1.165) is 12.8 Å². The summed E-state index contributed by atoms with van der Waals surface area (Å²) < 4.78 is 5.93. The first-order valence-electron chi connectivity index (χ1n) is 9.12. The van der Waals surface area contributed by atoms with E-state index in [2.05, 4.69) is 21.3 Å². The summed E-state index contributed by atoms with van der Waals surface area (Å²) in [5.74, 6) is 0.247. The summed E-state index contributed by atoms with van der Waals surface area (Å²) in [6.45, 7) is 1.05. The van der Waals surface area contributed by atoms with Gasteiger partial charge in [-0.25, -0.2) is 4.98 Å². The molecule has 1 unspecified atom stereocenters. The van der Waals surface area contributed by atoms with Crippen molar-refractivity contribution in [2.45, 2.75) is 18.9 Å². The first-order valence-corrected chi connectivity index (χ1v) is 9.50. The minimum Gasteiger partial charge on any atom is -0.472 e. The first kappa shape index (κ1) is 18.9. The number of amides is 1. The summed E-state index contributed by atoms with van der Waals surface area (Å²) in [4.78, 5) is 20.5. The molecule has 0 aliphatic carbocycles. The molecule has 9 heteroatoms. The monoisotopic (exact) mass is 408 g/mol. The molecule has 29 heavy (non-hydrogen) atoms. The SMILES string of the molecule is N#Cc1ccnc(OC2CCCN(C(=O)c3ccc(Cl)cc3-n3nccn3)C2)c1. The van der Waals surface area contributed by atoms with Crippen LogP contribution in [-0.4, -0.2) is 50.0 Å². The van der Waals surface area contributed by atoms with Crippen molar-refractivity contribution in [1.29, 1.82) is 5.26 Å². The second-order valence-electron chi connectivity index (χ2n) is 6.61. The maximum absolute atomic E-state index is 13.2. The molecular formula is C20H17ClN6O2. The van der Waals surface area contributed by atoms with Crippen LogP contribution in [0.25, 0.3) is 5.69 Å². The van der Waals surface area contributed by atoms with Crippen LogP contribution in [-0.2, 0) is 0 Å². The summed E-state index contributed by atoms with van der Waals surface area (Å²) in [5.41, 5.74) is 1.48. The smallest absolute Gasteiger partial charge is 0.256 e. The quantitative estimate of drug-likeness (QED) is 0.658. The lowest BCUT2D eigenvalue weighted by Gasteiger charge is -2.33. The van der Waals surface area contributed by atoms with Crippen LogP contribution in [0.2, 0.25) is 5.02 Å². The number of pyridine rings is 1. The number of hydrogen-bond acceptors (Lipinski definition) is 6. The third-order valence-corrected chi connectivity index (χ3v) is 4.88. The van der Waals surface area contributed by atoms with Gasteiger partial charge in [-0.2, -0.15) is 20.3 Å². The molecule has 1 fully saturated rings. The average Bonchev–Trinajstić information content (AvgIpc) is 3.28. The number of likely N-dealkylation sites (tertiary alicyclic amines) is 1. The van der Waals surface area contributed by atoms with Gasteiger partial charge in [-0.15, -0.1) is 0 Å². The van der Waals surface area contributed by atoms with Crippen molar-refractivity contribution >= 4 is 17.5 Å². The van der Waals surface area contributed by atoms with Crippen LogP contribution in [0.1, 0.15) is 28.8 Å². The second kappa shape index (κ2) is 8.29. The molecule has 1 saturated heterocycles. The van der Waals surface area contributed by atoms with Gasteiger partial charge < -0.3 is 9.64 Å². The molecule has 2 aromatic heterocycles. The van der Waals surface area contributed by atoms with Gasteiger partial charge in [0.05, 0.1) is 41.8 Å². The predicted octanol–water partition coefficient (Wildman–Crippen LogP) is 2.87. The molecular weight excluding hydrogens is 392 g/mol. The highest BCUT2D eigenvalue weighted by Gasteiger charge is 2.28. The number of ether oxygens (including phenoxy) is 1. The fraction of sp³-hybridized carbons (Fsp3) is 0.250. The molecule has 1 atom stereocenters. The van der Waals surface area contributed by atoms with Crippen molar-refractivity contribution in [1.82, 2.24) is 24.9 Å². The Morgan fingerprint density at radius 2 is 2.03 bits per heavy atom. The van der Waals surface area contributed by atoms with Crippen LogP contribution in [0.4, 0.5) is 0 Å². The molecule has 8 nitrogen and oxygen atoms in total. The normalized spacial score (nSPS) is 16.3. The fourth-order valence-electron chi connectivity index (χ4n) is 3.29. The third kappa shape index (κ3) is 4.20. The van der Waals surface area contributed by atoms with Crippen LogP contribution < -0.4 is 4.74 Å². The summed E-state index contributed by atoms with van der Waals surface area (Å²) in [7, 11) is 0. The topological polar surface area (TPSA) is 96.9 Å². The number of rotatable bonds is 4. The Morgan fingerprint density at radius 3 is 2.83 bits per heavy atom. The molecule has 1 aromatic carbocycles. The number of halogens is 1. The standard InChI is InChI=1S/C20H17ClN6O2/c21-15-3-4-17(18(11-15)27-24-7-8-25-27)20(28)26-9-1-2-16(13-26)29-19-10-14(12-22)5-6-23-19/h3-8,10-11,16H,1-2,9,13H2. The van der Waals surface area contributed by atoms with E-state index in [1.54, 1.807) is 47.6 Å². The molecule has 0 spiro atoms. The molecule has 1 aliphatic heterocycles. The van der Waals surface area contributed by atoms with E-state index in [-0.39, 0.29) is 12.0 Å². The van der Waals surface area contributed by atoms with Crippen molar-refractivity contribution in [3.63, 3.8) is 0 Å². The zero-order chi connectivity index (χ0) is 20.2. The summed E-state index contributed by atoms with van der Waals surface area (Å²) in [6, 6.07) is 10.3.